The van der Waals surface area contributed by atoms with E-state index in [2.05, 4.69) is 526 Å². The van der Waals surface area contributed by atoms with Crippen LogP contribution in [0.25, 0.3) is 221 Å². The summed E-state index contributed by atoms with van der Waals surface area (Å²) in [5.74, 6) is 0. The Morgan fingerprint density at radius 2 is 0.343 bits per heavy atom. The van der Waals surface area contributed by atoms with Crippen LogP contribution in [-0.2, 0) is 0 Å². The molecule has 656 valence electrons. The molecule has 0 atom stereocenters. The van der Waals surface area contributed by atoms with Crippen LogP contribution in [0.4, 0.5) is 34.1 Å². The highest BCUT2D eigenvalue weighted by Crippen LogP contribution is 2.47. The van der Waals surface area contributed by atoms with Crippen molar-refractivity contribution >= 4 is 165 Å². The number of fused-ring (bicyclic) bond motifs is 18. The normalized spacial score (nSPS) is 11.7. The summed E-state index contributed by atoms with van der Waals surface area (Å²) in [5.41, 5.74) is 37.9. The molecule has 0 saturated carbocycles. The third kappa shape index (κ3) is 13.8. The van der Waals surface area contributed by atoms with Crippen molar-refractivity contribution in [2.75, 3.05) is 9.80 Å². The minimum absolute atomic E-state index is 0.900. The van der Waals surface area contributed by atoms with Crippen LogP contribution in [0.2, 0.25) is 0 Å². The lowest BCUT2D eigenvalue weighted by atomic mass is 10.0. The molecule has 6 aromatic heterocycles. The van der Waals surface area contributed by atoms with Crippen LogP contribution in [0.15, 0.2) is 531 Å². The van der Waals surface area contributed by atoms with Gasteiger partial charge in [0.25, 0.3) is 0 Å². The van der Waals surface area contributed by atoms with Crippen molar-refractivity contribution in [1.29, 1.82) is 0 Å². The first-order valence-electron chi connectivity index (χ1n) is 47.8. The Balaban J connectivity index is 0.000000141. The quantitative estimate of drug-likeness (QED) is 0.0967. The molecule has 0 spiro atoms. The molecule has 0 N–H and O–H groups in total. The average molecular weight is 1790 g/mol. The Bertz CT molecular complexity index is 9120. The smallest absolute Gasteiger partial charge is 0.143 e. The third-order valence-electron chi connectivity index (χ3n) is 28.3. The zero-order chi connectivity index (χ0) is 92.2. The minimum atomic E-state index is 0.900. The molecular weight excluding hydrogens is 1700 g/mol. The SMILES string of the molecule is c1ccc(-n2c3ccccc3c3ccc(-c4ccc(N(c5ccc(-c6ccc7c8ccccc8n(-c8ccccc8)c7c6)cc5)c5ccc(-c6cccc7c6oc6ccccc67)cc5)cc4)cc32)cc1.c1ccc2c(c1)oc1c(-c3ccc(N(c4ccc(-c5ccc(-n6c7ccccc7c7ccccc76)cc5)cc4)c4ccc(-c5ccc(-n6c7ccccc7c7ccccc76)cc5)cc4)cc3)cccc12. The lowest BCUT2D eigenvalue weighted by Crippen LogP contribution is -2.09. The van der Waals surface area contributed by atoms with Gasteiger partial charge in [-0.05, 0) is 238 Å². The lowest BCUT2D eigenvalue weighted by Gasteiger charge is -2.26. The molecule has 28 rings (SSSR count). The molecule has 0 fully saturated rings. The van der Waals surface area contributed by atoms with Crippen molar-refractivity contribution in [1.82, 2.24) is 18.3 Å². The van der Waals surface area contributed by atoms with E-state index in [4.69, 9.17) is 8.83 Å². The van der Waals surface area contributed by atoms with Crippen LogP contribution < -0.4 is 9.80 Å². The first kappa shape index (κ1) is 80.9. The number of aromatic nitrogens is 4. The Labute approximate surface area is 807 Å². The summed E-state index contributed by atoms with van der Waals surface area (Å²) >= 11 is 0. The molecule has 0 saturated heterocycles. The van der Waals surface area contributed by atoms with Gasteiger partial charge in [0.15, 0.2) is 0 Å². The van der Waals surface area contributed by atoms with Gasteiger partial charge < -0.3 is 36.9 Å². The van der Waals surface area contributed by atoms with Crippen molar-refractivity contribution in [3.63, 3.8) is 0 Å². The molecule has 8 nitrogen and oxygen atoms in total. The summed E-state index contributed by atoms with van der Waals surface area (Å²) in [6.45, 7) is 0. The maximum Gasteiger partial charge on any atom is 0.143 e. The van der Waals surface area contributed by atoms with Crippen LogP contribution >= 0.6 is 0 Å². The molecule has 0 aliphatic carbocycles. The highest BCUT2D eigenvalue weighted by atomic mass is 16.3. The molecular formula is C132H86N6O2. The fourth-order valence-corrected chi connectivity index (χ4v) is 21.7. The van der Waals surface area contributed by atoms with Crippen LogP contribution in [0.1, 0.15) is 0 Å². The van der Waals surface area contributed by atoms with Crippen molar-refractivity contribution < 1.29 is 8.83 Å². The zero-order valence-electron chi connectivity index (χ0n) is 76.2. The summed E-state index contributed by atoms with van der Waals surface area (Å²) in [6, 6.07) is 188. The van der Waals surface area contributed by atoms with Crippen molar-refractivity contribution in [3.8, 4) is 89.5 Å². The molecule has 0 aliphatic rings. The van der Waals surface area contributed by atoms with Crippen molar-refractivity contribution in [2.24, 2.45) is 0 Å². The number of hydrogen-bond donors (Lipinski definition) is 0. The fraction of sp³-hybridized carbons (Fsp3) is 0. The van der Waals surface area contributed by atoms with Gasteiger partial charge in [0.2, 0.25) is 0 Å². The maximum absolute atomic E-state index is 6.47. The molecule has 0 aliphatic heterocycles. The van der Waals surface area contributed by atoms with E-state index in [1.165, 1.54) is 109 Å². The van der Waals surface area contributed by atoms with Gasteiger partial charge in [-0.15, -0.1) is 0 Å². The van der Waals surface area contributed by atoms with E-state index in [-0.39, 0.29) is 0 Å². The highest BCUT2D eigenvalue weighted by Gasteiger charge is 2.24. The van der Waals surface area contributed by atoms with Crippen LogP contribution in [-0.4, -0.2) is 18.3 Å². The van der Waals surface area contributed by atoms with Crippen LogP contribution in [0, 0.1) is 0 Å². The second-order valence-corrected chi connectivity index (χ2v) is 36.2. The minimum Gasteiger partial charge on any atom is -0.455 e. The number of anilines is 6. The highest BCUT2D eigenvalue weighted by molar-refractivity contribution is 6.15. The molecule has 0 bridgehead atoms. The summed E-state index contributed by atoms with van der Waals surface area (Å²) in [6.07, 6.45) is 0. The van der Waals surface area contributed by atoms with E-state index < -0.39 is 0 Å². The summed E-state index contributed by atoms with van der Waals surface area (Å²) < 4.78 is 22.4. The second kappa shape index (κ2) is 33.7. The number of rotatable bonds is 16. The monoisotopic (exact) mass is 1790 g/mol. The molecule has 6 heterocycles. The Morgan fingerprint density at radius 3 is 0.636 bits per heavy atom. The predicted octanol–water partition coefficient (Wildman–Crippen LogP) is 36.5. The van der Waals surface area contributed by atoms with Crippen LogP contribution in [0.3, 0.4) is 0 Å². The fourth-order valence-electron chi connectivity index (χ4n) is 21.7. The van der Waals surface area contributed by atoms with Gasteiger partial charge >= 0.3 is 0 Å². The van der Waals surface area contributed by atoms with E-state index >= 15 is 0 Å². The molecule has 8 heteroatoms. The number of para-hydroxylation sites is 12. The lowest BCUT2D eigenvalue weighted by molar-refractivity contribution is 0.669. The molecule has 0 amide bonds. The van der Waals surface area contributed by atoms with E-state index in [1.54, 1.807) is 0 Å². The van der Waals surface area contributed by atoms with E-state index in [1.807, 2.05) is 24.3 Å². The number of benzene rings is 22. The summed E-state index contributed by atoms with van der Waals surface area (Å²) in [7, 11) is 0. The zero-order valence-corrected chi connectivity index (χ0v) is 76.2. The number of hydrogen-bond acceptors (Lipinski definition) is 4. The molecule has 28 aromatic rings. The number of furan rings is 2. The first-order chi connectivity index (χ1) is 69.4. The molecule has 0 radical (unpaired) electrons. The van der Waals surface area contributed by atoms with E-state index in [0.717, 1.165) is 145 Å². The Kier molecular flexibility index (Phi) is 19.5. The van der Waals surface area contributed by atoms with Gasteiger partial charge in [-0.2, -0.15) is 0 Å². The van der Waals surface area contributed by atoms with Gasteiger partial charge in [-0.25, -0.2) is 0 Å². The third-order valence-corrected chi connectivity index (χ3v) is 28.3. The summed E-state index contributed by atoms with van der Waals surface area (Å²) in [5, 5.41) is 14.6. The van der Waals surface area contributed by atoms with E-state index in [0.29, 0.717) is 0 Å². The van der Waals surface area contributed by atoms with Crippen molar-refractivity contribution in [3.05, 3.63) is 522 Å². The average Bonchev–Trinajstić information content (AvgIpc) is 1.59. The Morgan fingerprint density at radius 1 is 0.136 bits per heavy atom. The molecule has 140 heavy (non-hydrogen) atoms. The maximum atomic E-state index is 6.47. The van der Waals surface area contributed by atoms with Gasteiger partial charge in [-0.1, -0.05) is 340 Å². The van der Waals surface area contributed by atoms with Gasteiger partial charge in [0, 0.05) is 133 Å². The largest absolute Gasteiger partial charge is 0.455 e. The van der Waals surface area contributed by atoms with Gasteiger partial charge in [-0.3, -0.25) is 0 Å². The second-order valence-electron chi connectivity index (χ2n) is 36.2. The van der Waals surface area contributed by atoms with E-state index in [9.17, 15) is 0 Å². The van der Waals surface area contributed by atoms with Gasteiger partial charge in [0.1, 0.15) is 22.3 Å². The molecule has 0 unspecified atom stereocenters. The Hall–Kier alpha value is -18.8. The predicted molar refractivity (Wildman–Crippen MR) is 587 cm³/mol. The van der Waals surface area contributed by atoms with Crippen LogP contribution in [0.5, 0.6) is 0 Å². The number of nitrogens with zero attached hydrogens (tertiary/aromatic N) is 6. The first-order valence-corrected chi connectivity index (χ1v) is 47.8. The topological polar surface area (TPSA) is 52.5 Å². The standard InChI is InChI=1S/2C66H43N3O/c1-6-19-61-55(12-1)56-13-2-7-20-62(56)68(61)52-38-28-46(29-39-52)44-24-34-49(35-25-44)67(51-42-32-48(33-43-51)54-17-11-18-60-59-16-5-10-23-65(59)70-66(54)60)50-36-26-45(27-37-50)47-30-40-53(41-31-47)69-63-21-8-3-14-57(63)58-15-4-9-22-64(58)69;1-3-14-49(15-4-1)68-61-23-10-7-18-55(61)57-40-32-47(42-63(57)68)44-26-34-51(35-27-44)67(53-38-30-46(31-39-53)54-21-13-22-60-59-20-9-12-25-65(59)70-66(54)60)52-36-28-45(29-37-52)48-33-41-58-56-19-8-11-24-62(56)69(64(58)43-48)50-16-5-2-6-17-50/h2*1-43H. The summed E-state index contributed by atoms with van der Waals surface area (Å²) in [4.78, 5) is 4.70. The van der Waals surface area contributed by atoms with Crippen molar-refractivity contribution in [2.45, 2.75) is 0 Å². The van der Waals surface area contributed by atoms with Gasteiger partial charge in [0.05, 0.1) is 44.1 Å². The molecule has 22 aromatic carbocycles.